The fraction of sp³-hybridized carbons (Fsp3) is 0.385. The first kappa shape index (κ1) is 21.2. The van der Waals surface area contributed by atoms with Crippen molar-refractivity contribution in [2.75, 3.05) is 19.6 Å². The molecular formula is C26H31N3O2. The third-order valence-corrected chi connectivity index (χ3v) is 6.49. The van der Waals surface area contributed by atoms with Crippen LogP contribution in [0.1, 0.15) is 42.2 Å². The van der Waals surface area contributed by atoms with E-state index in [-0.39, 0.29) is 17.7 Å². The van der Waals surface area contributed by atoms with E-state index < -0.39 is 0 Å². The number of amides is 2. The summed E-state index contributed by atoms with van der Waals surface area (Å²) >= 11 is 0. The number of nitrogens with zero attached hydrogens (tertiary/aromatic N) is 1. The van der Waals surface area contributed by atoms with E-state index in [1.165, 1.54) is 5.56 Å². The molecule has 0 radical (unpaired) electrons. The number of carbonyl (C=O) groups excluding carboxylic acids is 2. The van der Waals surface area contributed by atoms with Gasteiger partial charge in [-0.15, -0.1) is 0 Å². The predicted molar refractivity (Wildman–Crippen MR) is 124 cm³/mol. The number of para-hydroxylation sites is 1. The first-order chi connectivity index (χ1) is 15.1. The Kier molecular flexibility index (Phi) is 6.70. The van der Waals surface area contributed by atoms with Gasteiger partial charge in [-0.3, -0.25) is 9.59 Å². The highest BCUT2D eigenvalue weighted by molar-refractivity contribution is 5.98. The average molecular weight is 418 g/mol. The maximum absolute atomic E-state index is 12.9. The van der Waals surface area contributed by atoms with Crippen molar-refractivity contribution in [3.63, 3.8) is 0 Å². The summed E-state index contributed by atoms with van der Waals surface area (Å²) in [5, 5.41) is 4.15. The molecule has 31 heavy (non-hydrogen) atoms. The van der Waals surface area contributed by atoms with Crippen LogP contribution in [0.2, 0.25) is 0 Å². The lowest BCUT2D eigenvalue weighted by atomic mass is 9.84. The van der Waals surface area contributed by atoms with Gasteiger partial charge < -0.3 is 15.2 Å². The fourth-order valence-corrected chi connectivity index (χ4v) is 4.49. The number of nitrogens with one attached hydrogen (secondary N) is 2. The van der Waals surface area contributed by atoms with E-state index in [1.807, 2.05) is 60.4 Å². The monoisotopic (exact) mass is 417 g/mol. The third-order valence-electron chi connectivity index (χ3n) is 6.49. The minimum Gasteiger partial charge on any atom is -0.356 e. The Labute approximate surface area is 183 Å². The summed E-state index contributed by atoms with van der Waals surface area (Å²) in [6.45, 7) is 4.12. The molecule has 2 amide bonds. The summed E-state index contributed by atoms with van der Waals surface area (Å²) in [6, 6.07) is 20.2. The molecule has 0 aliphatic carbocycles. The molecule has 1 atom stereocenters. The molecule has 1 saturated heterocycles. The highest BCUT2D eigenvalue weighted by Gasteiger charge is 2.30. The van der Waals surface area contributed by atoms with Crippen LogP contribution in [-0.2, 0) is 11.2 Å². The van der Waals surface area contributed by atoms with Crippen LogP contribution in [0.4, 0.5) is 0 Å². The van der Waals surface area contributed by atoms with E-state index in [0.717, 1.165) is 36.6 Å². The number of rotatable bonds is 7. The molecule has 2 N–H and O–H groups in total. The van der Waals surface area contributed by atoms with Gasteiger partial charge in [0.15, 0.2) is 0 Å². The summed E-state index contributed by atoms with van der Waals surface area (Å²) in [5.74, 6) is 0.476. The van der Waals surface area contributed by atoms with Gasteiger partial charge in [-0.25, -0.2) is 0 Å². The molecule has 2 heterocycles. The van der Waals surface area contributed by atoms with Gasteiger partial charge in [0.1, 0.15) is 5.69 Å². The van der Waals surface area contributed by atoms with Gasteiger partial charge in [-0.1, -0.05) is 55.5 Å². The Morgan fingerprint density at radius 1 is 1.06 bits per heavy atom. The molecule has 5 heteroatoms. The molecule has 1 aromatic heterocycles. The number of fused-ring (bicyclic) bond motifs is 1. The summed E-state index contributed by atoms with van der Waals surface area (Å²) in [7, 11) is 0. The fourth-order valence-electron chi connectivity index (χ4n) is 4.49. The molecule has 1 aliphatic heterocycles. The summed E-state index contributed by atoms with van der Waals surface area (Å²) in [4.78, 5) is 30.6. The topological polar surface area (TPSA) is 65.2 Å². The van der Waals surface area contributed by atoms with Crippen LogP contribution in [0.15, 0.2) is 60.7 Å². The standard InChI is InChI=1S/C26H31N3O2/c1-19(25(30)27-15-7-10-20-8-3-2-4-9-20)21-13-16-29(17-14-21)26(31)24-18-22-11-5-6-12-23(22)28-24/h2-6,8-9,11-12,18-19,21,28H,7,10,13-17H2,1H3,(H,27,30). The van der Waals surface area contributed by atoms with E-state index in [1.54, 1.807) is 0 Å². The second-order valence-corrected chi connectivity index (χ2v) is 8.57. The quantitative estimate of drug-likeness (QED) is 0.560. The number of H-pyrrole nitrogens is 1. The lowest BCUT2D eigenvalue weighted by molar-refractivity contribution is -0.126. The molecular weight excluding hydrogens is 386 g/mol. The van der Waals surface area contributed by atoms with Crippen molar-refractivity contribution in [1.29, 1.82) is 0 Å². The molecule has 1 unspecified atom stereocenters. The zero-order valence-corrected chi connectivity index (χ0v) is 18.1. The number of hydrogen-bond acceptors (Lipinski definition) is 2. The Hall–Kier alpha value is -3.08. The Morgan fingerprint density at radius 3 is 2.52 bits per heavy atom. The maximum Gasteiger partial charge on any atom is 0.270 e. The molecule has 4 rings (SSSR count). The molecule has 0 saturated carbocycles. The number of carbonyl (C=O) groups is 2. The van der Waals surface area contributed by atoms with E-state index in [0.29, 0.717) is 31.2 Å². The van der Waals surface area contributed by atoms with Gasteiger partial charge in [0.05, 0.1) is 0 Å². The largest absolute Gasteiger partial charge is 0.356 e. The van der Waals surface area contributed by atoms with E-state index in [9.17, 15) is 9.59 Å². The molecule has 2 aromatic carbocycles. The van der Waals surface area contributed by atoms with Gasteiger partial charge in [-0.2, -0.15) is 0 Å². The molecule has 162 valence electrons. The van der Waals surface area contributed by atoms with Crippen molar-refractivity contribution in [2.24, 2.45) is 11.8 Å². The van der Waals surface area contributed by atoms with E-state index in [4.69, 9.17) is 0 Å². The Balaban J connectivity index is 1.22. The SMILES string of the molecule is CC(C(=O)NCCCc1ccccc1)C1CCN(C(=O)c2cc3ccccc3[nH]2)CC1. The number of aryl methyl sites for hydroxylation is 1. The minimum atomic E-state index is -0.0259. The third kappa shape index (κ3) is 5.16. The second kappa shape index (κ2) is 9.82. The first-order valence-electron chi connectivity index (χ1n) is 11.3. The van der Waals surface area contributed by atoms with E-state index in [2.05, 4.69) is 22.4 Å². The number of hydrogen-bond donors (Lipinski definition) is 2. The minimum absolute atomic E-state index is 0.0259. The van der Waals surface area contributed by atoms with Crippen LogP contribution in [-0.4, -0.2) is 41.3 Å². The molecule has 1 aliphatic rings. The van der Waals surface area contributed by atoms with Gasteiger partial charge in [0.25, 0.3) is 5.91 Å². The molecule has 5 nitrogen and oxygen atoms in total. The molecule has 0 bridgehead atoms. The zero-order chi connectivity index (χ0) is 21.6. The number of likely N-dealkylation sites (tertiary alicyclic amines) is 1. The normalized spacial score (nSPS) is 15.7. The summed E-state index contributed by atoms with van der Waals surface area (Å²) in [5.41, 5.74) is 2.93. The molecule has 1 fully saturated rings. The smallest absolute Gasteiger partial charge is 0.270 e. The van der Waals surface area contributed by atoms with Crippen LogP contribution >= 0.6 is 0 Å². The summed E-state index contributed by atoms with van der Waals surface area (Å²) in [6.07, 6.45) is 3.65. The van der Waals surface area contributed by atoms with Crippen molar-refractivity contribution in [3.05, 3.63) is 71.9 Å². The van der Waals surface area contributed by atoms with Crippen molar-refractivity contribution in [2.45, 2.75) is 32.6 Å². The second-order valence-electron chi connectivity index (χ2n) is 8.57. The van der Waals surface area contributed by atoms with Gasteiger partial charge >= 0.3 is 0 Å². The number of benzene rings is 2. The van der Waals surface area contributed by atoms with Crippen molar-refractivity contribution >= 4 is 22.7 Å². The van der Waals surface area contributed by atoms with Gasteiger partial charge in [-0.05, 0) is 49.3 Å². The highest BCUT2D eigenvalue weighted by Crippen LogP contribution is 2.26. The summed E-state index contributed by atoms with van der Waals surface area (Å²) < 4.78 is 0. The van der Waals surface area contributed by atoms with Gasteiger partial charge in [0, 0.05) is 36.5 Å². The molecule has 0 spiro atoms. The van der Waals surface area contributed by atoms with Crippen LogP contribution < -0.4 is 5.32 Å². The van der Waals surface area contributed by atoms with Gasteiger partial charge in [0.2, 0.25) is 5.91 Å². The van der Waals surface area contributed by atoms with Crippen LogP contribution in [0, 0.1) is 11.8 Å². The van der Waals surface area contributed by atoms with Crippen molar-refractivity contribution < 1.29 is 9.59 Å². The lowest BCUT2D eigenvalue weighted by Gasteiger charge is -2.34. The maximum atomic E-state index is 12.9. The lowest BCUT2D eigenvalue weighted by Crippen LogP contribution is -2.43. The number of piperidine rings is 1. The van der Waals surface area contributed by atoms with Crippen molar-refractivity contribution in [1.82, 2.24) is 15.2 Å². The predicted octanol–water partition coefficient (Wildman–Crippen LogP) is 4.41. The van der Waals surface area contributed by atoms with Crippen LogP contribution in [0.3, 0.4) is 0 Å². The Bertz CT molecular complexity index is 986. The average Bonchev–Trinajstić information content (AvgIpc) is 3.26. The highest BCUT2D eigenvalue weighted by atomic mass is 16.2. The van der Waals surface area contributed by atoms with Crippen LogP contribution in [0.5, 0.6) is 0 Å². The number of aromatic nitrogens is 1. The zero-order valence-electron chi connectivity index (χ0n) is 18.1. The number of aromatic amines is 1. The Morgan fingerprint density at radius 2 is 1.77 bits per heavy atom. The van der Waals surface area contributed by atoms with Crippen LogP contribution in [0.25, 0.3) is 10.9 Å². The first-order valence-corrected chi connectivity index (χ1v) is 11.3. The molecule has 3 aromatic rings. The van der Waals surface area contributed by atoms with E-state index >= 15 is 0 Å². The van der Waals surface area contributed by atoms with Crippen molar-refractivity contribution in [3.8, 4) is 0 Å².